The Morgan fingerprint density at radius 3 is 2.29 bits per heavy atom. The lowest BCUT2D eigenvalue weighted by molar-refractivity contribution is -0.140. The third-order valence-corrected chi connectivity index (χ3v) is 7.42. The van der Waals surface area contributed by atoms with Gasteiger partial charge in [-0.2, -0.15) is 0 Å². The number of aryl methyl sites for hydroxylation is 1. The highest BCUT2D eigenvalue weighted by Crippen LogP contribution is 2.40. The van der Waals surface area contributed by atoms with Crippen LogP contribution in [0.3, 0.4) is 0 Å². The van der Waals surface area contributed by atoms with Crippen molar-refractivity contribution in [1.29, 1.82) is 0 Å². The van der Waals surface area contributed by atoms with Crippen LogP contribution in [-0.4, -0.2) is 72.6 Å². The van der Waals surface area contributed by atoms with E-state index in [4.69, 9.17) is 14.2 Å². The van der Waals surface area contributed by atoms with E-state index in [2.05, 4.69) is 11.0 Å². The van der Waals surface area contributed by atoms with Crippen LogP contribution < -0.4 is 9.47 Å². The van der Waals surface area contributed by atoms with Crippen LogP contribution in [0, 0.1) is 6.92 Å². The lowest BCUT2D eigenvalue weighted by Gasteiger charge is -2.31. The minimum absolute atomic E-state index is 0.0783. The standard InChI is InChI=1S/C33H36N2O6/c1-3-40-27-11-7-25(8-12-27)30-29(32(37)33(38)35(30)16-15-34-17-19-39-20-18-34)31(36)26-9-13-28(14-10-26)41-22-24-6-4-5-23(2)21-24/h4-14,21,30,36H,3,15-20,22H2,1-2H3. The average Bonchev–Trinajstić information content (AvgIpc) is 3.25. The Labute approximate surface area is 240 Å². The van der Waals surface area contributed by atoms with E-state index >= 15 is 0 Å². The number of Topliss-reactive ketones (excluding diaryl/α,β-unsaturated/α-hetero) is 1. The minimum atomic E-state index is -0.719. The van der Waals surface area contributed by atoms with E-state index in [0.717, 1.165) is 29.8 Å². The number of hydrogen-bond donors (Lipinski definition) is 1. The summed E-state index contributed by atoms with van der Waals surface area (Å²) < 4.78 is 17.0. The zero-order valence-electron chi connectivity index (χ0n) is 23.5. The van der Waals surface area contributed by atoms with Crippen LogP contribution in [0.4, 0.5) is 0 Å². The molecule has 0 aliphatic carbocycles. The summed E-state index contributed by atoms with van der Waals surface area (Å²) in [6.07, 6.45) is 0. The molecule has 2 heterocycles. The van der Waals surface area contributed by atoms with Gasteiger partial charge in [-0.05, 0) is 61.4 Å². The fourth-order valence-corrected chi connectivity index (χ4v) is 5.28. The van der Waals surface area contributed by atoms with E-state index in [0.29, 0.717) is 56.6 Å². The van der Waals surface area contributed by atoms with E-state index in [-0.39, 0.29) is 11.3 Å². The van der Waals surface area contributed by atoms with Gasteiger partial charge in [0, 0.05) is 31.7 Å². The van der Waals surface area contributed by atoms with Crippen molar-refractivity contribution < 1.29 is 28.9 Å². The monoisotopic (exact) mass is 556 g/mol. The summed E-state index contributed by atoms with van der Waals surface area (Å²) in [7, 11) is 0. The number of morpholine rings is 1. The SMILES string of the molecule is CCOc1ccc(C2C(=C(O)c3ccc(OCc4cccc(C)c4)cc3)C(=O)C(=O)N2CCN2CCOCC2)cc1. The van der Waals surface area contributed by atoms with Gasteiger partial charge in [0.15, 0.2) is 0 Å². The third kappa shape index (κ3) is 6.61. The van der Waals surface area contributed by atoms with Crippen LogP contribution in [0.1, 0.15) is 35.2 Å². The lowest BCUT2D eigenvalue weighted by atomic mass is 9.95. The predicted octanol–water partition coefficient (Wildman–Crippen LogP) is 4.73. The Kier molecular flexibility index (Phi) is 9.01. The molecule has 214 valence electrons. The number of benzene rings is 3. The Bertz CT molecular complexity index is 1390. The number of aliphatic hydroxyl groups excluding tert-OH is 1. The fraction of sp³-hybridized carbons (Fsp3) is 0.333. The first-order valence-corrected chi connectivity index (χ1v) is 14.0. The molecule has 1 unspecified atom stereocenters. The molecule has 8 nitrogen and oxygen atoms in total. The molecular weight excluding hydrogens is 520 g/mol. The number of amides is 1. The fourth-order valence-electron chi connectivity index (χ4n) is 5.28. The highest BCUT2D eigenvalue weighted by atomic mass is 16.5. The molecule has 0 spiro atoms. The van der Waals surface area contributed by atoms with Crippen LogP contribution in [0.5, 0.6) is 11.5 Å². The van der Waals surface area contributed by atoms with Crippen LogP contribution >= 0.6 is 0 Å². The van der Waals surface area contributed by atoms with E-state index in [1.165, 1.54) is 0 Å². The zero-order valence-corrected chi connectivity index (χ0v) is 23.5. The molecule has 3 aromatic rings. The van der Waals surface area contributed by atoms with Crippen molar-refractivity contribution in [1.82, 2.24) is 9.80 Å². The summed E-state index contributed by atoms with van der Waals surface area (Å²) in [5, 5.41) is 11.4. The first kappa shape index (κ1) is 28.4. The van der Waals surface area contributed by atoms with Gasteiger partial charge < -0.3 is 24.2 Å². The van der Waals surface area contributed by atoms with Gasteiger partial charge in [-0.25, -0.2) is 0 Å². The summed E-state index contributed by atoms with van der Waals surface area (Å²) in [4.78, 5) is 30.5. The largest absolute Gasteiger partial charge is 0.507 e. The van der Waals surface area contributed by atoms with Crippen LogP contribution in [0.2, 0.25) is 0 Å². The molecule has 8 heteroatoms. The molecule has 1 N–H and O–H groups in total. The summed E-state index contributed by atoms with van der Waals surface area (Å²) in [6, 6.07) is 21.6. The van der Waals surface area contributed by atoms with E-state index in [1.807, 2.05) is 56.3 Å². The number of hydrogen-bond acceptors (Lipinski definition) is 7. The number of ketones is 1. The van der Waals surface area contributed by atoms with Crippen molar-refractivity contribution in [3.8, 4) is 11.5 Å². The predicted molar refractivity (Wildman–Crippen MR) is 156 cm³/mol. The molecule has 2 fully saturated rings. The topological polar surface area (TPSA) is 88.5 Å². The molecule has 41 heavy (non-hydrogen) atoms. The van der Waals surface area contributed by atoms with Gasteiger partial charge in [-0.3, -0.25) is 14.5 Å². The third-order valence-electron chi connectivity index (χ3n) is 7.42. The highest BCUT2D eigenvalue weighted by Gasteiger charge is 2.46. The van der Waals surface area contributed by atoms with Crippen molar-refractivity contribution in [3.05, 3.63) is 101 Å². The van der Waals surface area contributed by atoms with Crippen molar-refractivity contribution in [2.24, 2.45) is 0 Å². The molecule has 2 aliphatic heterocycles. The minimum Gasteiger partial charge on any atom is -0.507 e. The average molecular weight is 557 g/mol. The van der Waals surface area contributed by atoms with Gasteiger partial charge in [-0.15, -0.1) is 0 Å². The molecule has 1 amide bonds. The van der Waals surface area contributed by atoms with Gasteiger partial charge >= 0.3 is 0 Å². The second-order valence-electron chi connectivity index (χ2n) is 10.3. The van der Waals surface area contributed by atoms with Gasteiger partial charge in [0.1, 0.15) is 23.9 Å². The first-order chi connectivity index (χ1) is 19.9. The van der Waals surface area contributed by atoms with Crippen LogP contribution in [0.15, 0.2) is 78.4 Å². The second kappa shape index (κ2) is 13.0. The summed E-state index contributed by atoms with van der Waals surface area (Å²) in [6.45, 7) is 8.69. The number of aliphatic hydroxyl groups is 1. The molecule has 0 saturated carbocycles. The molecule has 0 radical (unpaired) electrons. The quantitative estimate of drug-likeness (QED) is 0.220. The highest BCUT2D eigenvalue weighted by molar-refractivity contribution is 6.46. The van der Waals surface area contributed by atoms with Gasteiger partial charge in [0.2, 0.25) is 0 Å². The number of carbonyl (C=O) groups excluding carboxylic acids is 2. The molecule has 5 rings (SSSR count). The van der Waals surface area contributed by atoms with E-state index < -0.39 is 17.7 Å². The molecular formula is C33H36N2O6. The van der Waals surface area contributed by atoms with Crippen molar-refractivity contribution in [2.75, 3.05) is 46.0 Å². The molecule has 2 saturated heterocycles. The Morgan fingerprint density at radius 2 is 1.61 bits per heavy atom. The summed E-state index contributed by atoms with van der Waals surface area (Å²) in [5.74, 6) is -0.180. The molecule has 2 aliphatic rings. The zero-order chi connectivity index (χ0) is 28.8. The normalized spacial score (nSPS) is 19.0. The molecule has 0 bridgehead atoms. The molecule has 0 aromatic heterocycles. The maximum absolute atomic E-state index is 13.4. The molecule has 3 aromatic carbocycles. The van der Waals surface area contributed by atoms with Crippen molar-refractivity contribution in [2.45, 2.75) is 26.5 Å². The summed E-state index contributed by atoms with van der Waals surface area (Å²) in [5.41, 5.74) is 3.47. The lowest BCUT2D eigenvalue weighted by Crippen LogP contribution is -2.42. The van der Waals surface area contributed by atoms with E-state index in [1.54, 1.807) is 29.2 Å². The smallest absolute Gasteiger partial charge is 0.295 e. The number of carbonyl (C=O) groups is 2. The summed E-state index contributed by atoms with van der Waals surface area (Å²) >= 11 is 0. The maximum atomic E-state index is 13.4. The number of likely N-dealkylation sites (tertiary alicyclic amines) is 1. The van der Waals surface area contributed by atoms with E-state index in [9.17, 15) is 14.7 Å². The number of rotatable bonds is 10. The van der Waals surface area contributed by atoms with Crippen molar-refractivity contribution in [3.63, 3.8) is 0 Å². The van der Waals surface area contributed by atoms with Gasteiger partial charge in [-0.1, -0.05) is 42.0 Å². The Balaban J connectivity index is 1.41. The Morgan fingerprint density at radius 1 is 0.927 bits per heavy atom. The molecule has 1 atom stereocenters. The van der Waals surface area contributed by atoms with Gasteiger partial charge in [0.25, 0.3) is 11.7 Å². The second-order valence-corrected chi connectivity index (χ2v) is 10.3. The van der Waals surface area contributed by atoms with Crippen LogP contribution in [-0.2, 0) is 20.9 Å². The number of ether oxygens (including phenoxy) is 3. The number of nitrogens with zero attached hydrogens (tertiary/aromatic N) is 2. The van der Waals surface area contributed by atoms with Gasteiger partial charge in [0.05, 0.1) is 31.4 Å². The Hall–Kier alpha value is -4.14. The first-order valence-electron chi connectivity index (χ1n) is 14.0. The maximum Gasteiger partial charge on any atom is 0.295 e. The van der Waals surface area contributed by atoms with Crippen molar-refractivity contribution >= 4 is 17.4 Å². The van der Waals surface area contributed by atoms with Crippen LogP contribution in [0.25, 0.3) is 5.76 Å².